The molecule has 0 fully saturated rings. The Bertz CT molecular complexity index is 441. The molecule has 0 radical (unpaired) electrons. The standard InChI is InChI=1S/C14H13NO/c1-11(12-7-3-2-4-8-12)14(16)13-9-5-6-10-15-13/h2-10,16H,1H3. The van der Waals surface area contributed by atoms with Gasteiger partial charge in [-0.25, -0.2) is 0 Å². The topological polar surface area (TPSA) is 33.1 Å². The first-order valence-corrected chi connectivity index (χ1v) is 5.15. The number of allylic oxidation sites excluding steroid dienone is 1. The van der Waals surface area contributed by atoms with E-state index in [1.165, 1.54) is 0 Å². The van der Waals surface area contributed by atoms with Gasteiger partial charge in [0.25, 0.3) is 0 Å². The maximum Gasteiger partial charge on any atom is 0.144 e. The van der Waals surface area contributed by atoms with Crippen molar-refractivity contribution in [1.82, 2.24) is 4.98 Å². The number of nitrogens with zero attached hydrogens (tertiary/aromatic N) is 1. The Morgan fingerprint density at radius 2 is 1.69 bits per heavy atom. The summed E-state index contributed by atoms with van der Waals surface area (Å²) in [6.45, 7) is 1.89. The summed E-state index contributed by atoms with van der Waals surface area (Å²) in [5.41, 5.74) is 2.44. The van der Waals surface area contributed by atoms with Crippen molar-refractivity contribution < 1.29 is 5.11 Å². The van der Waals surface area contributed by atoms with E-state index in [-0.39, 0.29) is 5.76 Å². The highest BCUT2D eigenvalue weighted by Crippen LogP contribution is 2.21. The Kier molecular flexibility index (Phi) is 3.01. The molecule has 1 aromatic heterocycles. The van der Waals surface area contributed by atoms with E-state index in [1.807, 2.05) is 49.4 Å². The second kappa shape index (κ2) is 4.62. The van der Waals surface area contributed by atoms with Crippen molar-refractivity contribution in [2.75, 3.05) is 0 Å². The summed E-state index contributed by atoms with van der Waals surface area (Å²) < 4.78 is 0. The van der Waals surface area contributed by atoms with Gasteiger partial charge >= 0.3 is 0 Å². The van der Waals surface area contributed by atoms with E-state index >= 15 is 0 Å². The third-order valence-electron chi connectivity index (χ3n) is 2.47. The molecule has 2 nitrogen and oxygen atoms in total. The summed E-state index contributed by atoms with van der Waals surface area (Å²) in [5, 5.41) is 10.1. The third-order valence-corrected chi connectivity index (χ3v) is 2.47. The quantitative estimate of drug-likeness (QED) is 0.771. The van der Waals surface area contributed by atoms with Crippen molar-refractivity contribution in [3.05, 3.63) is 66.0 Å². The fraction of sp³-hybridized carbons (Fsp3) is 0.0714. The molecule has 1 N–H and O–H groups in total. The summed E-state index contributed by atoms with van der Waals surface area (Å²) >= 11 is 0. The minimum atomic E-state index is 0.229. The van der Waals surface area contributed by atoms with E-state index in [4.69, 9.17) is 0 Å². The fourth-order valence-electron chi connectivity index (χ4n) is 1.52. The number of hydrogen-bond acceptors (Lipinski definition) is 2. The van der Waals surface area contributed by atoms with E-state index in [9.17, 15) is 5.11 Å². The zero-order chi connectivity index (χ0) is 11.4. The van der Waals surface area contributed by atoms with Gasteiger partial charge in [-0.15, -0.1) is 0 Å². The van der Waals surface area contributed by atoms with Gasteiger partial charge in [0.1, 0.15) is 11.5 Å². The highest BCUT2D eigenvalue weighted by molar-refractivity contribution is 5.84. The molecule has 0 atom stereocenters. The van der Waals surface area contributed by atoms with Gasteiger partial charge in [-0.1, -0.05) is 36.4 Å². The van der Waals surface area contributed by atoms with Gasteiger partial charge in [-0.2, -0.15) is 0 Å². The van der Waals surface area contributed by atoms with Gasteiger partial charge in [0.2, 0.25) is 0 Å². The Balaban J connectivity index is 2.43. The van der Waals surface area contributed by atoms with Crippen LogP contribution >= 0.6 is 0 Å². The number of benzene rings is 1. The molecule has 0 bridgehead atoms. The van der Waals surface area contributed by atoms with Crippen molar-refractivity contribution in [1.29, 1.82) is 0 Å². The van der Waals surface area contributed by atoms with Crippen LogP contribution in [0, 0.1) is 0 Å². The lowest BCUT2D eigenvalue weighted by atomic mass is 10.1. The monoisotopic (exact) mass is 211 g/mol. The lowest BCUT2D eigenvalue weighted by molar-refractivity contribution is 0.510. The lowest BCUT2D eigenvalue weighted by Gasteiger charge is -2.05. The first-order valence-electron chi connectivity index (χ1n) is 5.15. The van der Waals surface area contributed by atoms with Gasteiger partial charge in [0.05, 0.1) is 0 Å². The Hall–Kier alpha value is -2.09. The Labute approximate surface area is 94.9 Å². The summed E-state index contributed by atoms with van der Waals surface area (Å²) in [5.74, 6) is 0.229. The summed E-state index contributed by atoms with van der Waals surface area (Å²) in [7, 11) is 0. The van der Waals surface area contributed by atoms with E-state index in [2.05, 4.69) is 4.98 Å². The van der Waals surface area contributed by atoms with Crippen LogP contribution in [0.3, 0.4) is 0 Å². The Morgan fingerprint density at radius 3 is 2.31 bits per heavy atom. The Morgan fingerprint density at radius 1 is 1.00 bits per heavy atom. The largest absolute Gasteiger partial charge is 0.505 e. The van der Waals surface area contributed by atoms with Crippen LogP contribution in [0.1, 0.15) is 18.2 Å². The summed E-state index contributed by atoms with van der Waals surface area (Å²) in [6, 6.07) is 15.3. The van der Waals surface area contributed by atoms with Crippen LogP contribution in [0.15, 0.2) is 54.7 Å². The van der Waals surface area contributed by atoms with Crippen LogP contribution in [0.2, 0.25) is 0 Å². The molecule has 0 unspecified atom stereocenters. The minimum Gasteiger partial charge on any atom is -0.505 e. The van der Waals surface area contributed by atoms with E-state index in [0.29, 0.717) is 5.69 Å². The summed E-state index contributed by atoms with van der Waals surface area (Å²) in [4.78, 5) is 4.12. The number of aromatic nitrogens is 1. The van der Waals surface area contributed by atoms with Crippen LogP contribution in [-0.2, 0) is 0 Å². The fourth-order valence-corrected chi connectivity index (χ4v) is 1.52. The van der Waals surface area contributed by atoms with Crippen LogP contribution in [0.25, 0.3) is 11.3 Å². The predicted molar refractivity (Wildman–Crippen MR) is 65.8 cm³/mol. The van der Waals surface area contributed by atoms with Crippen LogP contribution in [-0.4, -0.2) is 10.1 Å². The molecule has 2 aromatic rings. The SMILES string of the molecule is CC(=C(O)c1ccccn1)c1ccccc1. The number of aliphatic hydroxyl groups excluding tert-OH is 1. The van der Waals surface area contributed by atoms with Crippen molar-refractivity contribution in [2.45, 2.75) is 6.92 Å². The van der Waals surface area contributed by atoms with E-state index in [1.54, 1.807) is 12.3 Å². The zero-order valence-corrected chi connectivity index (χ0v) is 9.09. The average Bonchev–Trinajstić information content (AvgIpc) is 2.39. The van der Waals surface area contributed by atoms with Gasteiger partial charge < -0.3 is 5.11 Å². The molecule has 0 aliphatic rings. The molecule has 0 aliphatic carbocycles. The normalized spacial score (nSPS) is 12.1. The zero-order valence-electron chi connectivity index (χ0n) is 9.09. The van der Waals surface area contributed by atoms with Crippen molar-refractivity contribution in [2.24, 2.45) is 0 Å². The highest BCUT2D eigenvalue weighted by Gasteiger charge is 2.05. The molecular formula is C14H13NO. The van der Waals surface area contributed by atoms with Crippen LogP contribution < -0.4 is 0 Å². The highest BCUT2D eigenvalue weighted by atomic mass is 16.3. The molecule has 0 spiro atoms. The van der Waals surface area contributed by atoms with Crippen LogP contribution in [0.4, 0.5) is 0 Å². The average molecular weight is 211 g/mol. The van der Waals surface area contributed by atoms with Gasteiger partial charge in [0.15, 0.2) is 0 Å². The smallest absolute Gasteiger partial charge is 0.144 e. The maximum absolute atomic E-state index is 10.1. The molecule has 0 amide bonds. The van der Waals surface area contributed by atoms with E-state index in [0.717, 1.165) is 11.1 Å². The molecule has 1 heterocycles. The first kappa shape index (κ1) is 10.4. The maximum atomic E-state index is 10.1. The number of rotatable bonds is 2. The van der Waals surface area contributed by atoms with Crippen molar-refractivity contribution >= 4 is 11.3 Å². The lowest BCUT2D eigenvalue weighted by Crippen LogP contribution is -1.91. The van der Waals surface area contributed by atoms with E-state index < -0.39 is 0 Å². The predicted octanol–water partition coefficient (Wildman–Crippen LogP) is 3.53. The van der Waals surface area contributed by atoms with Gasteiger partial charge in [-0.3, -0.25) is 4.98 Å². The molecule has 0 saturated heterocycles. The van der Waals surface area contributed by atoms with Gasteiger partial charge in [-0.05, 0) is 24.6 Å². The van der Waals surface area contributed by atoms with Crippen LogP contribution in [0.5, 0.6) is 0 Å². The molecular weight excluding hydrogens is 198 g/mol. The summed E-state index contributed by atoms with van der Waals surface area (Å²) in [6.07, 6.45) is 1.67. The molecule has 0 aliphatic heterocycles. The molecule has 0 saturated carbocycles. The third kappa shape index (κ3) is 2.11. The minimum absolute atomic E-state index is 0.229. The first-order chi connectivity index (χ1) is 7.79. The molecule has 80 valence electrons. The van der Waals surface area contributed by atoms with Crippen molar-refractivity contribution in [3.8, 4) is 0 Å². The molecule has 16 heavy (non-hydrogen) atoms. The second-order valence-corrected chi connectivity index (χ2v) is 3.55. The number of hydrogen-bond donors (Lipinski definition) is 1. The van der Waals surface area contributed by atoms with Crippen molar-refractivity contribution in [3.63, 3.8) is 0 Å². The second-order valence-electron chi connectivity index (χ2n) is 3.55. The molecule has 2 heteroatoms. The molecule has 1 aromatic carbocycles. The number of pyridine rings is 1. The molecule has 2 rings (SSSR count). The van der Waals surface area contributed by atoms with Gasteiger partial charge in [0, 0.05) is 11.8 Å². The number of aliphatic hydroxyl groups is 1.